The molecule has 2 aromatic heterocycles. The molecule has 1 fully saturated rings. The average molecular weight is 356 g/mol. The first-order valence-corrected chi connectivity index (χ1v) is 9.04. The highest BCUT2D eigenvalue weighted by Gasteiger charge is 2.23. The van der Waals surface area contributed by atoms with Crippen molar-refractivity contribution in [1.29, 1.82) is 0 Å². The van der Waals surface area contributed by atoms with Gasteiger partial charge in [-0.3, -0.25) is 9.78 Å². The number of benzene rings is 1. The molecule has 4 rings (SSSR count). The van der Waals surface area contributed by atoms with Crippen LogP contribution in [0, 0.1) is 5.82 Å². The fourth-order valence-corrected chi connectivity index (χ4v) is 4.04. The number of nitrogens with zero attached hydrogens (tertiary/aromatic N) is 3. The van der Waals surface area contributed by atoms with Gasteiger partial charge >= 0.3 is 0 Å². The van der Waals surface area contributed by atoms with Crippen molar-refractivity contribution in [3.63, 3.8) is 0 Å². The van der Waals surface area contributed by atoms with Crippen molar-refractivity contribution in [3.8, 4) is 0 Å². The molecule has 1 aliphatic heterocycles. The second-order valence-electron chi connectivity index (χ2n) is 6.03. The smallest absolute Gasteiger partial charge is 0.270 e. The highest BCUT2D eigenvalue weighted by atomic mass is 32.1. The summed E-state index contributed by atoms with van der Waals surface area (Å²) in [6.07, 6.45) is 3.28. The Labute approximate surface area is 148 Å². The number of anilines is 1. The molecule has 5 nitrogen and oxygen atoms in total. The minimum absolute atomic E-state index is 0.122. The molecule has 0 atom stereocenters. The van der Waals surface area contributed by atoms with Gasteiger partial charge < -0.3 is 10.2 Å². The third-order valence-electron chi connectivity index (χ3n) is 4.36. The van der Waals surface area contributed by atoms with Gasteiger partial charge in [-0.1, -0.05) is 23.5 Å². The molecule has 0 aliphatic carbocycles. The highest BCUT2D eigenvalue weighted by Crippen LogP contribution is 2.31. The van der Waals surface area contributed by atoms with E-state index in [1.54, 1.807) is 30.5 Å². The van der Waals surface area contributed by atoms with Crippen molar-refractivity contribution in [2.45, 2.75) is 18.9 Å². The molecule has 1 N–H and O–H groups in total. The van der Waals surface area contributed by atoms with Crippen LogP contribution >= 0.6 is 11.3 Å². The minimum atomic E-state index is -0.280. The molecule has 0 bridgehead atoms. The van der Waals surface area contributed by atoms with Gasteiger partial charge in [0, 0.05) is 25.3 Å². The third kappa shape index (κ3) is 3.32. The Bertz CT molecular complexity index is 890. The van der Waals surface area contributed by atoms with Crippen LogP contribution in [0.15, 0.2) is 42.6 Å². The van der Waals surface area contributed by atoms with E-state index in [9.17, 15) is 9.18 Å². The Morgan fingerprint density at radius 3 is 2.76 bits per heavy atom. The lowest BCUT2D eigenvalue weighted by atomic mass is 10.1. The van der Waals surface area contributed by atoms with Crippen molar-refractivity contribution in [3.05, 3.63) is 54.1 Å². The second-order valence-corrected chi connectivity index (χ2v) is 7.04. The maximum absolute atomic E-state index is 13.8. The number of aromatic nitrogens is 2. The number of amides is 1. The molecule has 128 valence electrons. The number of hydrogen-bond acceptors (Lipinski definition) is 5. The van der Waals surface area contributed by atoms with Gasteiger partial charge in [0.1, 0.15) is 17.0 Å². The van der Waals surface area contributed by atoms with Gasteiger partial charge in [-0.15, -0.1) is 0 Å². The van der Waals surface area contributed by atoms with Gasteiger partial charge in [0.25, 0.3) is 5.91 Å². The minimum Gasteiger partial charge on any atom is -0.348 e. The first-order chi connectivity index (χ1) is 12.2. The average Bonchev–Trinajstić information content (AvgIpc) is 3.09. The Morgan fingerprint density at radius 2 is 2.04 bits per heavy atom. The van der Waals surface area contributed by atoms with Crippen LogP contribution in [0.1, 0.15) is 23.3 Å². The van der Waals surface area contributed by atoms with E-state index in [1.807, 2.05) is 6.07 Å². The molecule has 0 unspecified atom stereocenters. The van der Waals surface area contributed by atoms with E-state index in [-0.39, 0.29) is 17.8 Å². The zero-order chi connectivity index (χ0) is 17.2. The molecule has 3 heterocycles. The first-order valence-electron chi connectivity index (χ1n) is 8.22. The lowest BCUT2D eigenvalue weighted by Crippen LogP contribution is -2.44. The number of carbonyl (C=O) groups excluding carboxylic acids is 1. The van der Waals surface area contributed by atoms with E-state index in [4.69, 9.17) is 0 Å². The fraction of sp³-hybridized carbons (Fsp3) is 0.278. The van der Waals surface area contributed by atoms with Gasteiger partial charge in [0.2, 0.25) is 0 Å². The molecule has 1 amide bonds. The standard InChI is InChI=1S/C18H17FN4OS/c19-13-4-3-6-15-16(13)22-18(25-15)23-10-7-12(8-11-23)21-17(24)14-5-1-2-9-20-14/h1-6,9,12H,7-8,10-11H2,(H,21,24). The largest absolute Gasteiger partial charge is 0.348 e. The molecule has 0 saturated carbocycles. The quantitative estimate of drug-likeness (QED) is 0.783. The number of fused-ring (bicyclic) bond motifs is 1. The first kappa shape index (κ1) is 16.0. The summed E-state index contributed by atoms with van der Waals surface area (Å²) in [5.41, 5.74) is 0.875. The summed E-state index contributed by atoms with van der Waals surface area (Å²) in [5, 5.41) is 3.88. The SMILES string of the molecule is O=C(NC1CCN(c2nc3c(F)cccc3s2)CC1)c1ccccn1. The Balaban J connectivity index is 1.39. The van der Waals surface area contributed by atoms with Crippen LogP contribution < -0.4 is 10.2 Å². The molecule has 1 saturated heterocycles. The summed E-state index contributed by atoms with van der Waals surface area (Å²) in [6.45, 7) is 1.57. The number of pyridine rings is 1. The van der Waals surface area contributed by atoms with Crippen molar-refractivity contribution in [1.82, 2.24) is 15.3 Å². The fourth-order valence-electron chi connectivity index (χ4n) is 3.01. The van der Waals surface area contributed by atoms with Gasteiger partial charge in [-0.25, -0.2) is 9.37 Å². The number of hydrogen-bond donors (Lipinski definition) is 1. The molecule has 0 spiro atoms. The number of thiazole rings is 1. The topological polar surface area (TPSA) is 58.1 Å². The van der Waals surface area contributed by atoms with E-state index in [2.05, 4.69) is 20.2 Å². The van der Waals surface area contributed by atoms with E-state index >= 15 is 0 Å². The number of para-hydroxylation sites is 1. The summed E-state index contributed by atoms with van der Waals surface area (Å²) in [5.74, 6) is -0.418. The molecule has 1 aliphatic rings. The lowest BCUT2D eigenvalue weighted by Gasteiger charge is -2.32. The van der Waals surface area contributed by atoms with Crippen LogP contribution in [-0.4, -0.2) is 35.0 Å². The van der Waals surface area contributed by atoms with Gasteiger partial charge in [-0.05, 0) is 37.1 Å². The van der Waals surface area contributed by atoms with Crippen LogP contribution in [0.3, 0.4) is 0 Å². The molecule has 3 aromatic rings. The Kier molecular flexibility index (Phi) is 4.31. The number of carbonyl (C=O) groups is 1. The normalized spacial score (nSPS) is 15.5. The summed E-state index contributed by atoms with van der Waals surface area (Å²) in [6, 6.07) is 10.5. The van der Waals surface area contributed by atoms with E-state index < -0.39 is 0 Å². The summed E-state index contributed by atoms with van der Waals surface area (Å²) >= 11 is 1.51. The van der Waals surface area contributed by atoms with Crippen LogP contribution in [0.2, 0.25) is 0 Å². The number of nitrogens with one attached hydrogen (secondary N) is 1. The predicted octanol–water partition coefficient (Wildman–Crippen LogP) is 3.23. The molecular formula is C18H17FN4OS. The number of rotatable bonds is 3. The van der Waals surface area contributed by atoms with E-state index in [0.29, 0.717) is 11.2 Å². The van der Waals surface area contributed by atoms with Gasteiger partial charge in [0.15, 0.2) is 5.13 Å². The highest BCUT2D eigenvalue weighted by molar-refractivity contribution is 7.22. The van der Waals surface area contributed by atoms with E-state index in [1.165, 1.54) is 17.4 Å². The van der Waals surface area contributed by atoms with Crippen molar-refractivity contribution >= 4 is 32.6 Å². The molecule has 25 heavy (non-hydrogen) atoms. The van der Waals surface area contributed by atoms with Crippen LogP contribution in [0.5, 0.6) is 0 Å². The molecule has 0 radical (unpaired) electrons. The molecule has 7 heteroatoms. The summed E-state index contributed by atoms with van der Waals surface area (Å²) in [7, 11) is 0. The second kappa shape index (κ2) is 6.76. The predicted molar refractivity (Wildman–Crippen MR) is 96.5 cm³/mol. The van der Waals surface area contributed by atoms with Crippen LogP contribution in [0.25, 0.3) is 10.2 Å². The number of piperidine rings is 1. The third-order valence-corrected chi connectivity index (χ3v) is 5.44. The van der Waals surface area contributed by atoms with Crippen molar-refractivity contribution in [2.75, 3.05) is 18.0 Å². The summed E-state index contributed by atoms with van der Waals surface area (Å²) < 4.78 is 14.7. The maximum atomic E-state index is 13.8. The van der Waals surface area contributed by atoms with Gasteiger partial charge in [0.05, 0.1) is 4.70 Å². The van der Waals surface area contributed by atoms with Gasteiger partial charge in [-0.2, -0.15) is 0 Å². The lowest BCUT2D eigenvalue weighted by molar-refractivity contribution is 0.0926. The molecule has 1 aromatic carbocycles. The van der Waals surface area contributed by atoms with Crippen LogP contribution in [-0.2, 0) is 0 Å². The zero-order valence-corrected chi connectivity index (χ0v) is 14.3. The Hall–Kier alpha value is -2.54. The van der Waals surface area contributed by atoms with Crippen molar-refractivity contribution in [2.24, 2.45) is 0 Å². The molecular weight excluding hydrogens is 339 g/mol. The Morgan fingerprint density at radius 1 is 1.20 bits per heavy atom. The zero-order valence-electron chi connectivity index (χ0n) is 13.5. The van der Waals surface area contributed by atoms with E-state index in [0.717, 1.165) is 35.8 Å². The van der Waals surface area contributed by atoms with Crippen molar-refractivity contribution < 1.29 is 9.18 Å². The number of halogens is 1. The van der Waals surface area contributed by atoms with Crippen LogP contribution in [0.4, 0.5) is 9.52 Å². The monoisotopic (exact) mass is 356 g/mol. The summed E-state index contributed by atoms with van der Waals surface area (Å²) in [4.78, 5) is 22.9. The maximum Gasteiger partial charge on any atom is 0.270 e.